The van der Waals surface area contributed by atoms with Gasteiger partial charge in [0, 0.05) is 15.7 Å². The molecule has 114 valence electrons. The Morgan fingerprint density at radius 2 is 2.10 bits per heavy atom. The van der Waals surface area contributed by atoms with Crippen LogP contribution in [-0.2, 0) is 14.3 Å². The summed E-state index contributed by atoms with van der Waals surface area (Å²) in [5, 5.41) is 13.9. The van der Waals surface area contributed by atoms with Crippen LogP contribution in [0.1, 0.15) is 12.8 Å². The monoisotopic (exact) mass is 406 g/mol. The second-order valence-corrected chi connectivity index (χ2v) is 5.36. The Kier molecular flexibility index (Phi) is 6.92. The van der Waals surface area contributed by atoms with Crippen LogP contribution >= 0.6 is 22.6 Å². The van der Waals surface area contributed by atoms with Gasteiger partial charge in [-0.3, -0.25) is 4.79 Å². The SMILES string of the molecule is COC(=O)CC[C@@H](NC(=O)Nc1cccc(I)c1)C(=O)O. The maximum Gasteiger partial charge on any atom is 0.326 e. The number of urea groups is 1. The Morgan fingerprint density at radius 3 is 2.67 bits per heavy atom. The number of carboxylic acids is 1. The van der Waals surface area contributed by atoms with Gasteiger partial charge in [0.15, 0.2) is 0 Å². The van der Waals surface area contributed by atoms with Gasteiger partial charge in [0.05, 0.1) is 7.11 Å². The van der Waals surface area contributed by atoms with E-state index in [9.17, 15) is 14.4 Å². The lowest BCUT2D eigenvalue weighted by Crippen LogP contribution is -2.43. The van der Waals surface area contributed by atoms with Crippen LogP contribution in [0.15, 0.2) is 24.3 Å². The molecule has 0 bridgehead atoms. The van der Waals surface area contributed by atoms with E-state index in [1.807, 2.05) is 6.07 Å². The van der Waals surface area contributed by atoms with Crippen LogP contribution in [0.3, 0.4) is 0 Å². The van der Waals surface area contributed by atoms with Crippen molar-refractivity contribution in [2.75, 3.05) is 12.4 Å². The first kappa shape index (κ1) is 17.2. The highest BCUT2D eigenvalue weighted by Gasteiger charge is 2.21. The molecule has 1 aromatic carbocycles. The van der Waals surface area contributed by atoms with Gasteiger partial charge in [-0.05, 0) is 47.2 Å². The fraction of sp³-hybridized carbons (Fsp3) is 0.308. The number of rotatable bonds is 6. The molecular formula is C13H15IN2O5. The molecule has 1 rings (SSSR count). The van der Waals surface area contributed by atoms with Gasteiger partial charge in [0.2, 0.25) is 0 Å². The van der Waals surface area contributed by atoms with E-state index >= 15 is 0 Å². The predicted octanol–water partition coefficient (Wildman–Crippen LogP) is 1.82. The zero-order valence-electron chi connectivity index (χ0n) is 11.3. The topological polar surface area (TPSA) is 105 Å². The molecule has 1 aromatic rings. The molecule has 0 radical (unpaired) electrons. The van der Waals surface area contributed by atoms with E-state index in [2.05, 4.69) is 38.0 Å². The first-order valence-corrected chi connectivity index (χ1v) is 7.13. The number of esters is 1. The zero-order chi connectivity index (χ0) is 15.8. The smallest absolute Gasteiger partial charge is 0.326 e. The number of benzene rings is 1. The Morgan fingerprint density at radius 1 is 1.38 bits per heavy atom. The average Bonchev–Trinajstić information content (AvgIpc) is 2.42. The molecule has 0 unspecified atom stereocenters. The standard InChI is InChI=1S/C13H15IN2O5/c1-21-11(17)6-5-10(12(18)19)16-13(20)15-9-4-2-3-8(14)7-9/h2-4,7,10H,5-6H2,1H3,(H,18,19)(H2,15,16,20)/t10-/m1/s1. The number of hydrogen-bond donors (Lipinski definition) is 3. The summed E-state index contributed by atoms with van der Waals surface area (Å²) in [5.74, 6) is -1.74. The highest BCUT2D eigenvalue weighted by Crippen LogP contribution is 2.12. The maximum atomic E-state index is 11.7. The van der Waals surface area contributed by atoms with Gasteiger partial charge < -0.3 is 20.5 Å². The third-order valence-corrected chi connectivity index (χ3v) is 3.22. The van der Waals surface area contributed by atoms with Crippen molar-refractivity contribution in [3.63, 3.8) is 0 Å². The molecule has 0 heterocycles. The highest BCUT2D eigenvalue weighted by molar-refractivity contribution is 14.1. The molecule has 0 aliphatic rings. The van der Waals surface area contributed by atoms with Crippen molar-refractivity contribution in [2.24, 2.45) is 0 Å². The number of amides is 2. The van der Waals surface area contributed by atoms with Gasteiger partial charge >= 0.3 is 18.0 Å². The van der Waals surface area contributed by atoms with Crippen LogP contribution in [0.2, 0.25) is 0 Å². The molecule has 1 atom stereocenters. The Balaban J connectivity index is 2.56. The van der Waals surface area contributed by atoms with E-state index in [1.165, 1.54) is 7.11 Å². The van der Waals surface area contributed by atoms with Crippen molar-refractivity contribution in [2.45, 2.75) is 18.9 Å². The summed E-state index contributed by atoms with van der Waals surface area (Å²) in [6.07, 6.45) is -0.126. The molecule has 3 N–H and O–H groups in total. The van der Waals surface area contributed by atoms with Crippen molar-refractivity contribution < 1.29 is 24.2 Å². The Hall–Kier alpha value is -1.84. The molecule has 0 spiro atoms. The van der Waals surface area contributed by atoms with Crippen molar-refractivity contribution in [3.05, 3.63) is 27.8 Å². The van der Waals surface area contributed by atoms with E-state index in [-0.39, 0.29) is 12.8 Å². The van der Waals surface area contributed by atoms with Crippen LogP contribution in [0.4, 0.5) is 10.5 Å². The van der Waals surface area contributed by atoms with Gasteiger partial charge in [0.1, 0.15) is 6.04 Å². The third-order valence-electron chi connectivity index (χ3n) is 2.55. The number of carbonyl (C=O) groups is 3. The molecule has 21 heavy (non-hydrogen) atoms. The Labute approximate surface area is 135 Å². The van der Waals surface area contributed by atoms with Crippen LogP contribution in [-0.4, -0.2) is 36.2 Å². The molecule has 8 heteroatoms. The summed E-state index contributed by atoms with van der Waals surface area (Å²) in [4.78, 5) is 33.8. The van der Waals surface area contributed by atoms with Gasteiger partial charge in [-0.25, -0.2) is 9.59 Å². The van der Waals surface area contributed by atoms with Crippen LogP contribution in [0, 0.1) is 3.57 Å². The fourth-order valence-electron chi connectivity index (χ4n) is 1.51. The lowest BCUT2D eigenvalue weighted by Gasteiger charge is -2.14. The lowest BCUT2D eigenvalue weighted by molar-refractivity contribution is -0.142. The molecule has 0 fully saturated rings. The number of methoxy groups -OCH3 is 1. The first-order chi connectivity index (χ1) is 9.92. The molecule has 0 aliphatic heterocycles. The maximum absolute atomic E-state index is 11.7. The molecular weight excluding hydrogens is 391 g/mol. The number of ether oxygens (including phenoxy) is 1. The fourth-order valence-corrected chi connectivity index (χ4v) is 2.06. The molecule has 0 saturated heterocycles. The van der Waals surface area contributed by atoms with E-state index in [0.717, 1.165) is 3.57 Å². The number of carbonyl (C=O) groups excluding carboxylic acids is 2. The predicted molar refractivity (Wildman–Crippen MR) is 84.0 cm³/mol. The lowest BCUT2D eigenvalue weighted by atomic mass is 10.1. The van der Waals surface area contributed by atoms with Gasteiger partial charge in [0.25, 0.3) is 0 Å². The molecule has 0 saturated carbocycles. The largest absolute Gasteiger partial charge is 0.480 e. The minimum absolute atomic E-state index is 0.0399. The average molecular weight is 406 g/mol. The van der Waals surface area contributed by atoms with E-state index in [4.69, 9.17) is 5.11 Å². The summed E-state index contributed by atoms with van der Waals surface area (Å²) in [5.41, 5.74) is 0.552. The number of nitrogens with one attached hydrogen (secondary N) is 2. The van der Waals surface area contributed by atoms with Crippen molar-refractivity contribution in [3.8, 4) is 0 Å². The van der Waals surface area contributed by atoms with Crippen LogP contribution in [0.25, 0.3) is 0 Å². The number of aliphatic carboxylic acids is 1. The second kappa shape index (κ2) is 8.45. The minimum atomic E-state index is -1.21. The normalized spacial score (nSPS) is 11.3. The quantitative estimate of drug-likeness (QED) is 0.494. The summed E-state index contributed by atoms with van der Waals surface area (Å²) >= 11 is 2.10. The third kappa shape index (κ3) is 6.43. The summed E-state index contributed by atoms with van der Waals surface area (Å²) in [6, 6.07) is 5.25. The molecule has 7 nitrogen and oxygen atoms in total. The van der Waals surface area contributed by atoms with Crippen molar-refractivity contribution in [1.29, 1.82) is 0 Å². The minimum Gasteiger partial charge on any atom is -0.480 e. The van der Waals surface area contributed by atoms with Crippen LogP contribution < -0.4 is 10.6 Å². The number of hydrogen-bond acceptors (Lipinski definition) is 4. The highest BCUT2D eigenvalue weighted by atomic mass is 127. The zero-order valence-corrected chi connectivity index (χ0v) is 13.4. The van der Waals surface area contributed by atoms with Crippen LogP contribution in [0.5, 0.6) is 0 Å². The van der Waals surface area contributed by atoms with Crippen molar-refractivity contribution in [1.82, 2.24) is 5.32 Å². The number of carboxylic acid groups (broad SMARTS) is 1. The van der Waals surface area contributed by atoms with Gasteiger partial charge in [-0.1, -0.05) is 6.07 Å². The number of halogens is 1. The molecule has 0 aliphatic carbocycles. The van der Waals surface area contributed by atoms with Gasteiger partial charge in [-0.15, -0.1) is 0 Å². The van der Waals surface area contributed by atoms with E-state index in [0.29, 0.717) is 5.69 Å². The van der Waals surface area contributed by atoms with Crippen molar-refractivity contribution >= 4 is 46.2 Å². The van der Waals surface area contributed by atoms with E-state index in [1.54, 1.807) is 18.2 Å². The Bertz CT molecular complexity index is 535. The number of anilines is 1. The molecule has 0 aromatic heterocycles. The van der Waals surface area contributed by atoms with E-state index < -0.39 is 24.0 Å². The second-order valence-electron chi connectivity index (χ2n) is 4.11. The molecule has 2 amide bonds. The summed E-state index contributed by atoms with van der Waals surface area (Å²) < 4.78 is 5.37. The van der Waals surface area contributed by atoms with Gasteiger partial charge in [-0.2, -0.15) is 0 Å². The first-order valence-electron chi connectivity index (χ1n) is 6.05. The summed E-state index contributed by atoms with van der Waals surface area (Å²) in [6.45, 7) is 0. The summed E-state index contributed by atoms with van der Waals surface area (Å²) in [7, 11) is 1.22.